The average molecular weight is 251 g/mol. The molecule has 0 amide bonds. The van der Waals surface area contributed by atoms with E-state index in [0.29, 0.717) is 0 Å². The van der Waals surface area contributed by atoms with Crippen LogP contribution in [-0.2, 0) is 13.5 Å². The third kappa shape index (κ3) is 3.56. The SMILES string of the molecule is Cn1ccnc1CCN1CCC(O)CC(C)(C)C1. The van der Waals surface area contributed by atoms with Crippen molar-refractivity contribution < 1.29 is 5.11 Å². The molecule has 1 fully saturated rings. The molecule has 0 aliphatic carbocycles. The van der Waals surface area contributed by atoms with Gasteiger partial charge in [-0.2, -0.15) is 0 Å². The Kier molecular flexibility index (Phi) is 4.07. The molecule has 1 saturated heterocycles. The van der Waals surface area contributed by atoms with Gasteiger partial charge >= 0.3 is 0 Å². The molecule has 102 valence electrons. The van der Waals surface area contributed by atoms with Gasteiger partial charge in [-0.25, -0.2) is 4.98 Å². The summed E-state index contributed by atoms with van der Waals surface area (Å²) in [7, 11) is 2.04. The molecule has 1 N–H and O–H groups in total. The van der Waals surface area contributed by atoms with Gasteiger partial charge in [0, 0.05) is 45.5 Å². The summed E-state index contributed by atoms with van der Waals surface area (Å²) in [6.45, 7) is 7.58. The second-order valence-corrected chi connectivity index (χ2v) is 6.29. The van der Waals surface area contributed by atoms with E-state index in [2.05, 4.69) is 28.3 Å². The van der Waals surface area contributed by atoms with Crippen molar-refractivity contribution >= 4 is 0 Å². The number of aliphatic hydroxyl groups is 1. The van der Waals surface area contributed by atoms with Gasteiger partial charge in [0.15, 0.2) is 0 Å². The topological polar surface area (TPSA) is 41.3 Å². The van der Waals surface area contributed by atoms with E-state index in [9.17, 15) is 5.11 Å². The first kappa shape index (κ1) is 13.6. The number of aliphatic hydroxyl groups excluding tert-OH is 1. The van der Waals surface area contributed by atoms with Gasteiger partial charge < -0.3 is 14.6 Å². The normalized spacial score (nSPS) is 25.0. The minimum Gasteiger partial charge on any atom is -0.393 e. The van der Waals surface area contributed by atoms with Crippen LogP contribution in [0.5, 0.6) is 0 Å². The molecule has 1 atom stereocenters. The van der Waals surface area contributed by atoms with Gasteiger partial charge in [-0.3, -0.25) is 0 Å². The van der Waals surface area contributed by atoms with E-state index in [1.807, 2.05) is 19.4 Å². The van der Waals surface area contributed by atoms with E-state index in [4.69, 9.17) is 0 Å². The first-order valence-corrected chi connectivity index (χ1v) is 6.83. The Hall–Kier alpha value is -0.870. The summed E-state index contributed by atoms with van der Waals surface area (Å²) >= 11 is 0. The third-order valence-electron chi connectivity index (χ3n) is 3.79. The molecule has 18 heavy (non-hydrogen) atoms. The highest BCUT2D eigenvalue weighted by Crippen LogP contribution is 2.28. The Bertz CT molecular complexity index is 386. The number of aromatic nitrogens is 2. The molecule has 1 unspecified atom stereocenters. The van der Waals surface area contributed by atoms with Gasteiger partial charge in [-0.1, -0.05) is 13.8 Å². The number of likely N-dealkylation sites (tertiary alicyclic amines) is 1. The van der Waals surface area contributed by atoms with E-state index in [1.165, 1.54) is 0 Å². The van der Waals surface area contributed by atoms with Crippen LogP contribution in [-0.4, -0.2) is 45.3 Å². The summed E-state index contributed by atoms with van der Waals surface area (Å²) in [6, 6.07) is 0. The average Bonchev–Trinajstić information content (AvgIpc) is 2.61. The minimum atomic E-state index is -0.141. The number of rotatable bonds is 3. The van der Waals surface area contributed by atoms with Crippen molar-refractivity contribution in [1.29, 1.82) is 0 Å². The van der Waals surface area contributed by atoms with Gasteiger partial charge in [0.05, 0.1) is 6.10 Å². The lowest BCUT2D eigenvalue weighted by atomic mass is 9.87. The highest BCUT2D eigenvalue weighted by atomic mass is 16.3. The molecule has 1 aliphatic heterocycles. The zero-order valence-electron chi connectivity index (χ0n) is 11.8. The fraction of sp³-hybridized carbons (Fsp3) is 0.786. The predicted octanol–water partition coefficient (Wildman–Crippen LogP) is 1.45. The van der Waals surface area contributed by atoms with E-state index in [1.54, 1.807) is 0 Å². The predicted molar refractivity (Wildman–Crippen MR) is 72.4 cm³/mol. The molecule has 2 rings (SSSR count). The van der Waals surface area contributed by atoms with E-state index in [-0.39, 0.29) is 11.5 Å². The molecule has 4 heteroatoms. The first-order chi connectivity index (χ1) is 8.46. The Morgan fingerprint density at radius 2 is 2.28 bits per heavy atom. The Morgan fingerprint density at radius 1 is 1.50 bits per heavy atom. The van der Waals surface area contributed by atoms with Crippen LogP contribution in [0, 0.1) is 5.41 Å². The molecule has 0 spiro atoms. The van der Waals surface area contributed by atoms with Gasteiger partial charge in [0.25, 0.3) is 0 Å². The van der Waals surface area contributed by atoms with Gasteiger partial charge in [0.1, 0.15) is 5.82 Å². The van der Waals surface area contributed by atoms with E-state index >= 15 is 0 Å². The van der Waals surface area contributed by atoms with Crippen molar-refractivity contribution in [3.63, 3.8) is 0 Å². The zero-order valence-corrected chi connectivity index (χ0v) is 11.8. The largest absolute Gasteiger partial charge is 0.393 e. The molecule has 0 bridgehead atoms. The lowest BCUT2D eigenvalue weighted by Gasteiger charge is -2.29. The van der Waals surface area contributed by atoms with Crippen molar-refractivity contribution in [2.24, 2.45) is 12.5 Å². The molecule has 0 saturated carbocycles. The second kappa shape index (κ2) is 5.41. The van der Waals surface area contributed by atoms with Crippen molar-refractivity contribution in [3.05, 3.63) is 18.2 Å². The third-order valence-corrected chi connectivity index (χ3v) is 3.79. The second-order valence-electron chi connectivity index (χ2n) is 6.29. The molecule has 0 radical (unpaired) electrons. The molecule has 0 aromatic carbocycles. The van der Waals surface area contributed by atoms with Crippen molar-refractivity contribution in [1.82, 2.24) is 14.5 Å². The molecule has 1 aromatic rings. The van der Waals surface area contributed by atoms with Crippen LogP contribution in [0.1, 0.15) is 32.5 Å². The monoisotopic (exact) mass is 251 g/mol. The van der Waals surface area contributed by atoms with Gasteiger partial charge in [-0.15, -0.1) is 0 Å². The minimum absolute atomic E-state index is 0.141. The lowest BCUT2D eigenvalue weighted by molar-refractivity contribution is 0.121. The Morgan fingerprint density at radius 3 is 2.94 bits per heavy atom. The van der Waals surface area contributed by atoms with Crippen LogP contribution >= 0.6 is 0 Å². The Labute approximate surface area is 110 Å². The number of nitrogens with zero attached hydrogens (tertiary/aromatic N) is 3. The van der Waals surface area contributed by atoms with Crippen LogP contribution in [0.3, 0.4) is 0 Å². The molecule has 2 heterocycles. The standard InChI is InChI=1S/C14H25N3O/c1-14(2)10-12(18)4-7-17(11-14)8-5-13-15-6-9-16(13)3/h6,9,12,18H,4-5,7-8,10-11H2,1-3H3. The van der Waals surface area contributed by atoms with Crippen LogP contribution < -0.4 is 0 Å². The van der Waals surface area contributed by atoms with Crippen molar-refractivity contribution in [3.8, 4) is 0 Å². The summed E-state index contributed by atoms with van der Waals surface area (Å²) in [5, 5.41) is 9.90. The summed E-state index contributed by atoms with van der Waals surface area (Å²) in [5.74, 6) is 1.14. The molecule has 1 aromatic heterocycles. The van der Waals surface area contributed by atoms with E-state index in [0.717, 1.165) is 44.7 Å². The quantitative estimate of drug-likeness (QED) is 0.884. The van der Waals surface area contributed by atoms with Gasteiger partial charge in [0.2, 0.25) is 0 Å². The van der Waals surface area contributed by atoms with Crippen LogP contribution in [0.2, 0.25) is 0 Å². The number of aryl methyl sites for hydroxylation is 1. The van der Waals surface area contributed by atoms with Crippen molar-refractivity contribution in [2.45, 2.75) is 39.2 Å². The van der Waals surface area contributed by atoms with Crippen LogP contribution in [0.4, 0.5) is 0 Å². The zero-order chi connectivity index (χ0) is 13.2. The molecular formula is C14H25N3O. The van der Waals surface area contributed by atoms with Crippen molar-refractivity contribution in [2.75, 3.05) is 19.6 Å². The first-order valence-electron chi connectivity index (χ1n) is 6.83. The Balaban J connectivity index is 1.91. The number of imidazole rings is 1. The fourth-order valence-electron chi connectivity index (χ4n) is 2.91. The van der Waals surface area contributed by atoms with Crippen LogP contribution in [0.15, 0.2) is 12.4 Å². The van der Waals surface area contributed by atoms with Crippen LogP contribution in [0.25, 0.3) is 0 Å². The highest BCUT2D eigenvalue weighted by molar-refractivity contribution is 4.92. The summed E-state index contributed by atoms with van der Waals surface area (Å²) in [6.07, 6.45) is 6.49. The maximum absolute atomic E-state index is 9.90. The van der Waals surface area contributed by atoms with Gasteiger partial charge in [-0.05, 0) is 18.3 Å². The molecular weight excluding hydrogens is 226 g/mol. The summed E-state index contributed by atoms with van der Waals surface area (Å²) < 4.78 is 2.08. The number of hydrogen-bond acceptors (Lipinski definition) is 3. The summed E-state index contributed by atoms with van der Waals surface area (Å²) in [4.78, 5) is 6.83. The fourth-order valence-corrected chi connectivity index (χ4v) is 2.91. The maximum Gasteiger partial charge on any atom is 0.109 e. The lowest BCUT2D eigenvalue weighted by Crippen LogP contribution is -2.34. The summed E-state index contributed by atoms with van der Waals surface area (Å²) in [5.41, 5.74) is 0.206. The van der Waals surface area contributed by atoms with E-state index < -0.39 is 0 Å². The molecule has 1 aliphatic rings. The highest BCUT2D eigenvalue weighted by Gasteiger charge is 2.28. The maximum atomic E-state index is 9.90. The molecule has 4 nitrogen and oxygen atoms in total. The number of hydrogen-bond donors (Lipinski definition) is 1. The smallest absolute Gasteiger partial charge is 0.109 e.